The molecule has 0 radical (unpaired) electrons. The highest BCUT2D eigenvalue weighted by atomic mass is 32.2. The summed E-state index contributed by atoms with van der Waals surface area (Å²) in [5.41, 5.74) is 0. The van der Waals surface area contributed by atoms with Gasteiger partial charge in [-0.2, -0.15) is 0 Å². The molecule has 0 aliphatic carbocycles. The largest absolute Gasteiger partial charge is 0.496 e. The first-order valence-corrected chi connectivity index (χ1v) is 8.54. The summed E-state index contributed by atoms with van der Waals surface area (Å²) in [7, 11) is 1.63. The van der Waals surface area contributed by atoms with Crippen LogP contribution in [0.5, 0.6) is 5.75 Å². The van der Waals surface area contributed by atoms with E-state index in [-0.39, 0.29) is 11.3 Å². The number of benzene rings is 1. The monoisotopic (exact) mass is 327 g/mol. The van der Waals surface area contributed by atoms with Crippen LogP contribution in [0.25, 0.3) is 0 Å². The number of ether oxygens (including phenoxy) is 1. The quantitative estimate of drug-likeness (QED) is 0.638. The number of para-hydroxylation sites is 1. The van der Waals surface area contributed by atoms with Crippen molar-refractivity contribution in [1.29, 1.82) is 0 Å². The van der Waals surface area contributed by atoms with E-state index in [1.54, 1.807) is 35.5 Å². The SMILES string of the molecule is COc1ccccc1SC[C@@H]1SCCN1C(=O)CC(=O)O. The summed E-state index contributed by atoms with van der Waals surface area (Å²) in [6, 6.07) is 7.74. The van der Waals surface area contributed by atoms with Crippen LogP contribution in [0.4, 0.5) is 0 Å². The summed E-state index contributed by atoms with van der Waals surface area (Å²) in [5.74, 6) is 0.999. The predicted molar refractivity (Wildman–Crippen MR) is 83.9 cm³/mol. The Kier molecular flexibility index (Phi) is 5.81. The Morgan fingerprint density at radius 3 is 2.95 bits per heavy atom. The van der Waals surface area contributed by atoms with Crippen molar-refractivity contribution in [2.75, 3.05) is 25.2 Å². The Bertz CT molecular complexity index is 523. The number of nitrogens with zero attached hydrogens (tertiary/aromatic N) is 1. The molecule has 0 aromatic heterocycles. The van der Waals surface area contributed by atoms with Crippen molar-refractivity contribution in [1.82, 2.24) is 4.90 Å². The second-order valence-electron chi connectivity index (χ2n) is 4.44. The number of carbonyl (C=O) groups is 2. The van der Waals surface area contributed by atoms with Crippen LogP contribution >= 0.6 is 23.5 Å². The van der Waals surface area contributed by atoms with Crippen molar-refractivity contribution in [3.05, 3.63) is 24.3 Å². The topological polar surface area (TPSA) is 66.8 Å². The number of aliphatic carboxylic acids is 1. The van der Waals surface area contributed by atoms with Crippen LogP contribution in [-0.2, 0) is 9.59 Å². The first kappa shape index (κ1) is 16.0. The molecule has 0 unspecified atom stereocenters. The number of hydrogen-bond acceptors (Lipinski definition) is 5. The third-order valence-electron chi connectivity index (χ3n) is 3.06. The molecule has 0 bridgehead atoms. The Morgan fingerprint density at radius 1 is 1.48 bits per heavy atom. The van der Waals surface area contributed by atoms with Gasteiger partial charge in [-0.15, -0.1) is 23.5 Å². The fourth-order valence-corrected chi connectivity index (χ4v) is 4.61. The number of amides is 1. The molecule has 1 N–H and O–H groups in total. The van der Waals surface area contributed by atoms with Crippen LogP contribution in [0.1, 0.15) is 6.42 Å². The lowest BCUT2D eigenvalue weighted by Gasteiger charge is -2.23. The van der Waals surface area contributed by atoms with Gasteiger partial charge in [0.1, 0.15) is 12.2 Å². The van der Waals surface area contributed by atoms with Crippen molar-refractivity contribution in [2.45, 2.75) is 16.7 Å². The van der Waals surface area contributed by atoms with E-state index in [1.165, 1.54) is 0 Å². The molecule has 5 nitrogen and oxygen atoms in total. The highest BCUT2D eigenvalue weighted by molar-refractivity contribution is 8.03. The second kappa shape index (κ2) is 7.61. The number of thioether (sulfide) groups is 2. The molecule has 7 heteroatoms. The minimum absolute atomic E-state index is 0.0202. The fraction of sp³-hybridized carbons (Fsp3) is 0.429. The van der Waals surface area contributed by atoms with Crippen molar-refractivity contribution in [2.24, 2.45) is 0 Å². The molecule has 1 aromatic carbocycles. The smallest absolute Gasteiger partial charge is 0.312 e. The van der Waals surface area contributed by atoms with Crippen LogP contribution in [0.2, 0.25) is 0 Å². The van der Waals surface area contributed by atoms with Gasteiger partial charge in [0, 0.05) is 22.9 Å². The van der Waals surface area contributed by atoms with E-state index in [0.717, 1.165) is 22.2 Å². The molecule has 21 heavy (non-hydrogen) atoms. The van der Waals surface area contributed by atoms with Crippen LogP contribution in [0.15, 0.2) is 29.2 Å². The summed E-state index contributed by atoms with van der Waals surface area (Å²) >= 11 is 3.31. The van der Waals surface area contributed by atoms with Crippen molar-refractivity contribution >= 4 is 35.4 Å². The van der Waals surface area contributed by atoms with Gasteiger partial charge in [0.05, 0.1) is 12.5 Å². The fourth-order valence-electron chi connectivity index (χ4n) is 2.07. The second-order valence-corrected chi connectivity index (χ2v) is 6.79. The molecule has 1 aliphatic rings. The van der Waals surface area contributed by atoms with Gasteiger partial charge in [0.25, 0.3) is 0 Å². The highest BCUT2D eigenvalue weighted by Crippen LogP contribution is 2.34. The van der Waals surface area contributed by atoms with E-state index in [1.807, 2.05) is 24.3 Å². The first-order chi connectivity index (χ1) is 10.1. The Hall–Kier alpha value is -1.34. The number of carbonyl (C=O) groups excluding carboxylic acids is 1. The van der Waals surface area contributed by atoms with Crippen molar-refractivity contribution < 1.29 is 19.4 Å². The van der Waals surface area contributed by atoms with E-state index < -0.39 is 12.4 Å². The average Bonchev–Trinajstić information content (AvgIpc) is 2.93. The van der Waals surface area contributed by atoms with E-state index in [2.05, 4.69) is 0 Å². The number of carboxylic acid groups (broad SMARTS) is 1. The maximum Gasteiger partial charge on any atom is 0.312 e. The van der Waals surface area contributed by atoms with Crippen molar-refractivity contribution in [3.8, 4) is 5.75 Å². The van der Waals surface area contributed by atoms with Crippen LogP contribution in [0.3, 0.4) is 0 Å². The molecular weight excluding hydrogens is 310 g/mol. The molecule has 1 fully saturated rings. The van der Waals surface area contributed by atoms with Gasteiger partial charge < -0.3 is 14.7 Å². The number of carboxylic acids is 1. The summed E-state index contributed by atoms with van der Waals surface area (Å²) in [6.07, 6.45) is -0.434. The highest BCUT2D eigenvalue weighted by Gasteiger charge is 2.30. The summed E-state index contributed by atoms with van der Waals surface area (Å²) in [5, 5.41) is 8.75. The number of methoxy groups -OCH3 is 1. The molecule has 1 atom stereocenters. The Labute approximate surface area is 132 Å². The zero-order valence-electron chi connectivity index (χ0n) is 11.7. The lowest BCUT2D eigenvalue weighted by molar-refractivity contribution is -0.144. The molecule has 1 amide bonds. The predicted octanol–water partition coefficient (Wildman–Crippen LogP) is 2.16. The number of rotatable bonds is 6. The molecule has 0 saturated carbocycles. The van der Waals surface area contributed by atoms with E-state index in [9.17, 15) is 9.59 Å². The van der Waals surface area contributed by atoms with E-state index in [4.69, 9.17) is 9.84 Å². The third kappa shape index (κ3) is 4.31. The first-order valence-electron chi connectivity index (χ1n) is 6.50. The van der Waals surface area contributed by atoms with Crippen LogP contribution in [-0.4, -0.2) is 52.4 Å². The maximum atomic E-state index is 11.9. The van der Waals surface area contributed by atoms with Crippen LogP contribution in [0, 0.1) is 0 Å². The Balaban J connectivity index is 1.95. The molecule has 1 saturated heterocycles. The molecule has 1 heterocycles. The molecule has 1 aromatic rings. The maximum absolute atomic E-state index is 11.9. The average molecular weight is 327 g/mol. The summed E-state index contributed by atoms with van der Waals surface area (Å²) in [6.45, 7) is 0.619. The van der Waals surface area contributed by atoms with Gasteiger partial charge in [0.2, 0.25) is 5.91 Å². The lowest BCUT2D eigenvalue weighted by atomic mass is 10.3. The Morgan fingerprint density at radius 2 is 2.24 bits per heavy atom. The third-order valence-corrected chi connectivity index (χ3v) is 5.63. The zero-order chi connectivity index (χ0) is 15.2. The van der Waals surface area contributed by atoms with Gasteiger partial charge in [-0.25, -0.2) is 0 Å². The minimum Gasteiger partial charge on any atom is -0.496 e. The lowest BCUT2D eigenvalue weighted by Crippen LogP contribution is -2.37. The van der Waals surface area contributed by atoms with Gasteiger partial charge >= 0.3 is 5.97 Å². The molecular formula is C14H17NO4S2. The number of hydrogen-bond donors (Lipinski definition) is 1. The van der Waals surface area contributed by atoms with Gasteiger partial charge in [-0.3, -0.25) is 9.59 Å². The summed E-state index contributed by atoms with van der Waals surface area (Å²) < 4.78 is 5.30. The van der Waals surface area contributed by atoms with E-state index in [0.29, 0.717) is 6.54 Å². The van der Waals surface area contributed by atoms with Gasteiger partial charge in [-0.05, 0) is 12.1 Å². The molecule has 2 rings (SSSR count). The normalized spacial score (nSPS) is 17.8. The molecule has 0 spiro atoms. The molecule has 1 aliphatic heterocycles. The zero-order valence-corrected chi connectivity index (χ0v) is 13.3. The van der Waals surface area contributed by atoms with E-state index >= 15 is 0 Å². The van der Waals surface area contributed by atoms with Crippen molar-refractivity contribution in [3.63, 3.8) is 0 Å². The summed E-state index contributed by atoms with van der Waals surface area (Å²) in [4.78, 5) is 25.3. The molecule has 114 valence electrons. The minimum atomic E-state index is -1.08. The van der Waals surface area contributed by atoms with Gasteiger partial charge in [-0.1, -0.05) is 12.1 Å². The van der Waals surface area contributed by atoms with Crippen LogP contribution < -0.4 is 4.74 Å². The standard InChI is InChI=1S/C14H17NO4S2/c1-19-10-4-2-3-5-11(10)21-9-13-15(6-7-20-13)12(16)8-14(17)18/h2-5,13H,6-9H2,1H3,(H,17,18)/t13-/m0/s1. The van der Waals surface area contributed by atoms with Gasteiger partial charge in [0.15, 0.2) is 0 Å².